The molecule has 0 unspecified atom stereocenters. The van der Waals surface area contributed by atoms with Gasteiger partial charge in [-0.15, -0.1) is 0 Å². The second-order valence-electron chi connectivity index (χ2n) is 8.57. The summed E-state index contributed by atoms with van der Waals surface area (Å²) in [5.41, 5.74) is 4.13. The first kappa shape index (κ1) is 21.1. The zero-order valence-electron chi connectivity index (χ0n) is 18.0. The standard InChI is InChI=1S/C25H32N2O2/c1-5-23(28)27-14-13-25(17-27,24(29)26-18(2)3)16-20-7-6-8-22(15-20)21-11-9-19(4)10-12-21/h6-12,15,18H,5,13-14,16-17H2,1-4H3,(H,26,29)/t25-/m0/s1. The summed E-state index contributed by atoms with van der Waals surface area (Å²) in [6.45, 7) is 9.06. The van der Waals surface area contributed by atoms with E-state index in [9.17, 15) is 9.59 Å². The van der Waals surface area contributed by atoms with Gasteiger partial charge >= 0.3 is 0 Å². The fraction of sp³-hybridized carbons (Fsp3) is 0.440. The molecule has 1 atom stereocenters. The number of nitrogens with one attached hydrogen (secondary N) is 1. The molecule has 29 heavy (non-hydrogen) atoms. The number of hydrogen-bond donors (Lipinski definition) is 1. The molecule has 3 rings (SSSR count). The summed E-state index contributed by atoms with van der Waals surface area (Å²) in [5, 5.41) is 3.10. The normalized spacial score (nSPS) is 18.9. The Morgan fingerprint density at radius 3 is 2.48 bits per heavy atom. The minimum absolute atomic E-state index is 0.0552. The Bertz CT molecular complexity index is 873. The molecule has 2 aromatic carbocycles. The van der Waals surface area contributed by atoms with E-state index >= 15 is 0 Å². The molecule has 2 aromatic rings. The minimum atomic E-state index is -0.568. The van der Waals surface area contributed by atoms with Gasteiger partial charge in [-0.1, -0.05) is 61.0 Å². The number of likely N-dealkylation sites (tertiary alicyclic amines) is 1. The minimum Gasteiger partial charge on any atom is -0.353 e. The van der Waals surface area contributed by atoms with Crippen molar-refractivity contribution in [3.05, 3.63) is 59.7 Å². The molecule has 4 nitrogen and oxygen atoms in total. The van der Waals surface area contributed by atoms with Gasteiger partial charge in [0.1, 0.15) is 0 Å². The summed E-state index contributed by atoms with van der Waals surface area (Å²) in [4.78, 5) is 27.3. The summed E-state index contributed by atoms with van der Waals surface area (Å²) in [6, 6.07) is 17.0. The van der Waals surface area contributed by atoms with Crippen LogP contribution in [0.2, 0.25) is 0 Å². The van der Waals surface area contributed by atoms with Crippen LogP contribution < -0.4 is 5.32 Å². The van der Waals surface area contributed by atoms with Crippen molar-refractivity contribution in [2.24, 2.45) is 5.41 Å². The fourth-order valence-corrected chi connectivity index (χ4v) is 4.13. The van der Waals surface area contributed by atoms with Gasteiger partial charge in [-0.05, 0) is 50.3 Å². The van der Waals surface area contributed by atoms with E-state index in [0.29, 0.717) is 32.4 Å². The summed E-state index contributed by atoms with van der Waals surface area (Å²) < 4.78 is 0. The average Bonchev–Trinajstić information content (AvgIpc) is 3.13. The molecule has 1 aliphatic rings. The Labute approximate surface area is 174 Å². The molecule has 154 valence electrons. The Hall–Kier alpha value is -2.62. The second kappa shape index (κ2) is 8.81. The van der Waals surface area contributed by atoms with Crippen LogP contribution in [-0.2, 0) is 16.0 Å². The topological polar surface area (TPSA) is 49.4 Å². The van der Waals surface area contributed by atoms with Gasteiger partial charge in [-0.2, -0.15) is 0 Å². The zero-order valence-corrected chi connectivity index (χ0v) is 18.0. The molecule has 1 heterocycles. The molecule has 1 saturated heterocycles. The third kappa shape index (κ3) is 4.87. The van der Waals surface area contributed by atoms with E-state index in [1.165, 1.54) is 11.1 Å². The lowest BCUT2D eigenvalue weighted by molar-refractivity contribution is -0.133. The molecule has 2 amide bonds. The summed E-state index contributed by atoms with van der Waals surface area (Å²) in [5.74, 6) is 0.178. The number of hydrogen-bond acceptors (Lipinski definition) is 2. The molecule has 1 aliphatic heterocycles. The predicted octanol–water partition coefficient (Wildman–Crippen LogP) is 4.36. The van der Waals surface area contributed by atoms with Gasteiger partial charge in [0.05, 0.1) is 5.41 Å². The van der Waals surface area contributed by atoms with E-state index in [4.69, 9.17) is 0 Å². The molecule has 0 spiro atoms. The van der Waals surface area contributed by atoms with Crippen molar-refractivity contribution in [1.82, 2.24) is 10.2 Å². The first-order valence-corrected chi connectivity index (χ1v) is 10.6. The highest BCUT2D eigenvalue weighted by Gasteiger charge is 2.45. The van der Waals surface area contributed by atoms with Crippen molar-refractivity contribution in [3.8, 4) is 11.1 Å². The SMILES string of the molecule is CCC(=O)N1CC[C@@](Cc2cccc(-c3ccc(C)cc3)c2)(C(=O)NC(C)C)C1. The smallest absolute Gasteiger partial charge is 0.228 e. The van der Waals surface area contributed by atoms with Crippen LogP contribution in [0.15, 0.2) is 48.5 Å². The van der Waals surface area contributed by atoms with E-state index in [0.717, 1.165) is 11.1 Å². The second-order valence-corrected chi connectivity index (χ2v) is 8.57. The van der Waals surface area contributed by atoms with Crippen LogP contribution in [0.25, 0.3) is 11.1 Å². The van der Waals surface area contributed by atoms with Crippen molar-refractivity contribution < 1.29 is 9.59 Å². The van der Waals surface area contributed by atoms with Crippen LogP contribution in [0, 0.1) is 12.3 Å². The molecule has 0 radical (unpaired) electrons. The highest BCUT2D eigenvalue weighted by Crippen LogP contribution is 2.36. The summed E-state index contributed by atoms with van der Waals surface area (Å²) >= 11 is 0. The molecular formula is C25H32N2O2. The average molecular weight is 393 g/mol. The van der Waals surface area contributed by atoms with Gasteiger partial charge in [0.2, 0.25) is 11.8 Å². The van der Waals surface area contributed by atoms with Gasteiger partial charge in [0, 0.05) is 25.6 Å². The fourth-order valence-electron chi connectivity index (χ4n) is 4.13. The van der Waals surface area contributed by atoms with E-state index in [-0.39, 0.29) is 17.9 Å². The molecule has 0 aromatic heterocycles. The Balaban J connectivity index is 1.88. The lowest BCUT2D eigenvalue weighted by Gasteiger charge is -2.29. The van der Waals surface area contributed by atoms with Gasteiger partial charge < -0.3 is 10.2 Å². The lowest BCUT2D eigenvalue weighted by Crippen LogP contribution is -2.47. The molecular weight excluding hydrogens is 360 g/mol. The third-order valence-corrected chi connectivity index (χ3v) is 5.76. The number of amides is 2. The maximum Gasteiger partial charge on any atom is 0.228 e. The van der Waals surface area contributed by atoms with E-state index < -0.39 is 5.41 Å². The summed E-state index contributed by atoms with van der Waals surface area (Å²) in [6.07, 6.45) is 1.82. The van der Waals surface area contributed by atoms with Crippen LogP contribution in [0.3, 0.4) is 0 Å². The summed E-state index contributed by atoms with van der Waals surface area (Å²) in [7, 11) is 0. The number of carbonyl (C=O) groups excluding carboxylic acids is 2. The Morgan fingerprint density at radius 2 is 1.83 bits per heavy atom. The van der Waals surface area contributed by atoms with Gasteiger partial charge in [0.15, 0.2) is 0 Å². The Morgan fingerprint density at radius 1 is 1.10 bits per heavy atom. The highest BCUT2D eigenvalue weighted by atomic mass is 16.2. The number of benzene rings is 2. The van der Waals surface area contributed by atoms with Gasteiger partial charge in [0.25, 0.3) is 0 Å². The third-order valence-electron chi connectivity index (χ3n) is 5.76. The van der Waals surface area contributed by atoms with Gasteiger partial charge in [-0.3, -0.25) is 9.59 Å². The zero-order chi connectivity index (χ0) is 21.0. The van der Waals surface area contributed by atoms with Crippen LogP contribution in [0.5, 0.6) is 0 Å². The van der Waals surface area contributed by atoms with Crippen molar-refractivity contribution in [3.63, 3.8) is 0 Å². The molecule has 4 heteroatoms. The molecule has 0 bridgehead atoms. The van der Waals surface area contributed by atoms with E-state index in [2.05, 4.69) is 60.8 Å². The van der Waals surface area contributed by atoms with Crippen LogP contribution in [0.4, 0.5) is 0 Å². The van der Waals surface area contributed by atoms with Crippen molar-refractivity contribution >= 4 is 11.8 Å². The molecule has 0 saturated carbocycles. The maximum absolute atomic E-state index is 13.2. The number of aryl methyl sites for hydroxylation is 1. The van der Waals surface area contributed by atoms with Crippen molar-refractivity contribution in [2.75, 3.05) is 13.1 Å². The van der Waals surface area contributed by atoms with Crippen molar-refractivity contribution in [2.45, 2.75) is 53.0 Å². The quantitative estimate of drug-likeness (QED) is 0.794. The Kier molecular flexibility index (Phi) is 6.41. The van der Waals surface area contributed by atoms with Crippen LogP contribution >= 0.6 is 0 Å². The molecule has 1 fully saturated rings. The number of nitrogens with zero attached hydrogens (tertiary/aromatic N) is 1. The van der Waals surface area contributed by atoms with Crippen LogP contribution in [-0.4, -0.2) is 35.8 Å². The highest BCUT2D eigenvalue weighted by molar-refractivity contribution is 5.86. The number of carbonyl (C=O) groups is 2. The first-order valence-electron chi connectivity index (χ1n) is 10.6. The monoisotopic (exact) mass is 392 g/mol. The maximum atomic E-state index is 13.2. The largest absolute Gasteiger partial charge is 0.353 e. The van der Waals surface area contributed by atoms with Crippen LogP contribution in [0.1, 0.15) is 44.7 Å². The lowest BCUT2D eigenvalue weighted by atomic mass is 9.79. The molecule has 0 aliphatic carbocycles. The van der Waals surface area contributed by atoms with Crippen molar-refractivity contribution in [1.29, 1.82) is 0 Å². The predicted molar refractivity (Wildman–Crippen MR) is 118 cm³/mol. The van der Waals surface area contributed by atoms with E-state index in [1.807, 2.05) is 25.7 Å². The van der Waals surface area contributed by atoms with E-state index in [1.54, 1.807) is 0 Å². The molecule has 1 N–H and O–H groups in total. The number of rotatable bonds is 6. The van der Waals surface area contributed by atoms with Gasteiger partial charge in [-0.25, -0.2) is 0 Å². The first-order chi connectivity index (χ1) is 13.8.